The summed E-state index contributed by atoms with van der Waals surface area (Å²) < 4.78 is 55.1. The predicted octanol–water partition coefficient (Wildman–Crippen LogP) is 8.08. The summed E-state index contributed by atoms with van der Waals surface area (Å²) in [6.45, 7) is 5.04. The van der Waals surface area contributed by atoms with Crippen LogP contribution in [0.4, 0.5) is 23.7 Å². The second-order valence-corrected chi connectivity index (χ2v) is 17.2. The normalized spacial score (nSPS) is 27.7. The number of rotatable bonds is 7. The molecule has 53 heavy (non-hydrogen) atoms. The first-order chi connectivity index (χ1) is 25.2. The Hall–Kier alpha value is -3.77. The number of esters is 1. The van der Waals surface area contributed by atoms with Gasteiger partial charge in [0.15, 0.2) is 5.72 Å². The van der Waals surface area contributed by atoms with Gasteiger partial charge in [-0.1, -0.05) is 32.1 Å². The molecule has 10 nitrogen and oxygen atoms in total. The van der Waals surface area contributed by atoms with Crippen LogP contribution in [0.15, 0.2) is 24.3 Å². The maximum atomic E-state index is 14.3. The molecule has 0 radical (unpaired) electrons. The summed E-state index contributed by atoms with van der Waals surface area (Å²) in [6.07, 6.45) is 7.13. The van der Waals surface area contributed by atoms with Crippen molar-refractivity contribution < 1.29 is 41.8 Å². The Morgan fingerprint density at radius 2 is 1.66 bits per heavy atom. The van der Waals surface area contributed by atoms with E-state index in [2.05, 4.69) is 10.6 Å². The maximum absolute atomic E-state index is 14.3. The molecular formula is C40H53F3N4O6. The first kappa shape index (κ1) is 37.5. The summed E-state index contributed by atoms with van der Waals surface area (Å²) in [4.78, 5) is 55.6. The Kier molecular flexibility index (Phi) is 10.2. The van der Waals surface area contributed by atoms with Gasteiger partial charge in [-0.3, -0.25) is 14.2 Å². The van der Waals surface area contributed by atoms with Crippen molar-refractivity contribution in [3.63, 3.8) is 0 Å². The third-order valence-electron chi connectivity index (χ3n) is 12.5. The summed E-state index contributed by atoms with van der Waals surface area (Å²) in [5.41, 5.74) is -0.317. The van der Waals surface area contributed by atoms with Gasteiger partial charge in [0, 0.05) is 49.2 Å². The van der Waals surface area contributed by atoms with Gasteiger partial charge in [0.2, 0.25) is 17.7 Å². The van der Waals surface area contributed by atoms with Crippen LogP contribution in [0.25, 0.3) is 10.9 Å². The number of anilines is 1. The predicted molar refractivity (Wildman–Crippen MR) is 192 cm³/mol. The van der Waals surface area contributed by atoms with Crippen LogP contribution in [-0.4, -0.2) is 70.2 Å². The zero-order chi connectivity index (χ0) is 37.7. The molecule has 2 aromatic rings. The summed E-state index contributed by atoms with van der Waals surface area (Å²) in [7, 11) is 0. The molecule has 3 heterocycles. The highest BCUT2D eigenvalue weighted by atomic mass is 19.3. The molecule has 4 fully saturated rings. The number of benzene rings is 1. The number of carbonyl (C=O) groups excluding carboxylic acids is 4. The molecule has 3 amide bonds. The molecule has 1 spiro atoms. The molecule has 2 N–H and O–H groups in total. The Morgan fingerprint density at radius 3 is 2.32 bits per heavy atom. The summed E-state index contributed by atoms with van der Waals surface area (Å²) in [5.74, 6) is -3.64. The van der Waals surface area contributed by atoms with Crippen LogP contribution >= 0.6 is 0 Å². The minimum Gasteiger partial charge on any atom is -0.444 e. The average molecular weight is 743 g/mol. The number of hydrogen-bond acceptors (Lipinski definition) is 6. The Morgan fingerprint density at radius 1 is 0.962 bits per heavy atom. The van der Waals surface area contributed by atoms with Crippen molar-refractivity contribution in [1.29, 1.82) is 0 Å². The van der Waals surface area contributed by atoms with E-state index in [4.69, 9.17) is 9.47 Å². The highest BCUT2D eigenvalue weighted by Crippen LogP contribution is 2.49. The molecule has 1 aromatic carbocycles. The lowest BCUT2D eigenvalue weighted by molar-refractivity contribution is -0.142. The lowest BCUT2D eigenvalue weighted by Gasteiger charge is -2.37. The van der Waals surface area contributed by atoms with E-state index in [0.717, 1.165) is 32.1 Å². The zero-order valence-electron chi connectivity index (χ0n) is 31.1. The molecule has 3 aliphatic carbocycles. The Balaban J connectivity index is 1.06. The van der Waals surface area contributed by atoms with Gasteiger partial charge in [-0.2, -0.15) is 0 Å². The first-order valence-corrected chi connectivity index (χ1v) is 19.6. The topological polar surface area (TPSA) is 119 Å². The standard InChI is InChI=1S/C40H53F3N4O6/c1-38(2,3)53-37(51)45-30(23-41)25-9-11-26(12-10-25)35(49)46-20-15-29(24-7-5-4-6-8-24)33(46)34(48)44-28-13-14-31-27(21-28)22-32-36(50)52-40(47(31)32)18-16-39(42,43)17-19-40/h13-14,21-22,24-26,29-30,33H,4-12,15-20,23H2,1-3H3,(H,44,48)(H,45,51)/t25-,26-,29-,30+,33-/m0/s1. The molecular weight excluding hydrogens is 689 g/mol. The molecule has 1 aromatic heterocycles. The van der Waals surface area contributed by atoms with Gasteiger partial charge in [-0.15, -0.1) is 0 Å². The SMILES string of the molecule is CC(C)(C)OC(=O)N[C@H](CF)[C@H]1CC[C@H](C(=O)N2CC[C@@H](C3CCCCC3)[C@H]2C(=O)Nc2ccc3c(c2)cc2n3C3(CCC(F)(F)CC3)OC2=O)CC1. The third kappa shape index (κ3) is 7.63. The van der Waals surface area contributed by atoms with Crippen molar-refractivity contribution in [3.05, 3.63) is 30.0 Å². The molecule has 5 aliphatic rings. The van der Waals surface area contributed by atoms with E-state index in [9.17, 15) is 32.3 Å². The second kappa shape index (κ2) is 14.5. The van der Waals surface area contributed by atoms with E-state index in [1.54, 1.807) is 54.5 Å². The van der Waals surface area contributed by atoms with Crippen molar-refractivity contribution >= 4 is 40.5 Å². The molecule has 3 saturated carbocycles. The van der Waals surface area contributed by atoms with E-state index in [1.165, 1.54) is 6.42 Å². The van der Waals surface area contributed by atoms with Crippen LogP contribution in [-0.2, 0) is 24.8 Å². The number of likely N-dealkylation sites (tertiary alicyclic amines) is 1. The lowest BCUT2D eigenvalue weighted by Crippen LogP contribution is -2.50. The summed E-state index contributed by atoms with van der Waals surface area (Å²) in [5, 5.41) is 6.48. The quantitative estimate of drug-likeness (QED) is 0.277. The second-order valence-electron chi connectivity index (χ2n) is 17.2. The maximum Gasteiger partial charge on any atom is 0.407 e. The van der Waals surface area contributed by atoms with Gasteiger partial charge >= 0.3 is 12.1 Å². The molecule has 0 bridgehead atoms. The van der Waals surface area contributed by atoms with E-state index < -0.39 is 48.1 Å². The number of hydrogen-bond donors (Lipinski definition) is 2. The molecule has 7 rings (SSSR count). The molecule has 1 saturated heterocycles. The number of ether oxygens (including phenoxy) is 2. The van der Waals surface area contributed by atoms with Crippen LogP contribution < -0.4 is 10.6 Å². The van der Waals surface area contributed by atoms with E-state index in [-0.39, 0.29) is 55.3 Å². The molecule has 0 unspecified atom stereocenters. The van der Waals surface area contributed by atoms with Crippen molar-refractivity contribution in [2.24, 2.45) is 23.7 Å². The minimum absolute atomic E-state index is 0.0240. The van der Waals surface area contributed by atoms with E-state index in [1.807, 2.05) is 0 Å². The fraction of sp³-hybridized carbons (Fsp3) is 0.700. The fourth-order valence-electron chi connectivity index (χ4n) is 9.90. The highest BCUT2D eigenvalue weighted by Gasteiger charge is 2.53. The van der Waals surface area contributed by atoms with Crippen LogP contribution in [0.3, 0.4) is 0 Å². The first-order valence-electron chi connectivity index (χ1n) is 19.6. The van der Waals surface area contributed by atoms with Gasteiger partial charge in [0.05, 0.1) is 11.6 Å². The van der Waals surface area contributed by atoms with Crippen molar-refractivity contribution in [2.75, 3.05) is 18.5 Å². The van der Waals surface area contributed by atoms with Gasteiger partial charge in [-0.25, -0.2) is 22.8 Å². The van der Waals surface area contributed by atoms with Crippen LogP contribution in [0.1, 0.15) is 121 Å². The van der Waals surface area contributed by atoms with Crippen LogP contribution in [0.5, 0.6) is 0 Å². The van der Waals surface area contributed by atoms with Gasteiger partial charge in [0.1, 0.15) is 24.0 Å². The number of alkyl halides is 3. The van der Waals surface area contributed by atoms with E-state index in [0.29, 0.717) is 60.4 Å². The molecule has 290 valence electrons. The Bertz CT molecular complexity index is 1710. The number of carbonyl (C=O) groups is 4. The highest BCUT2D eigenvalue weighted by molar-refractivity contribution is 6.02. The fourth-order valence-corrected chi connectivity index (χ4v) is 9.90. The lowest BCUT2D eigenvalue weighted by atomic mass is 9.76. The van der Waals surface area contributed by atoms with Crippen molar-refractivity contribution in [3.8, 4) is 0 Å². The number of fused-ring (bicyclic) bond motifs is 4. The monoisotopic (exact) mass is 742 g/mol. The largest absolute Gasteiger partial charge is 0.444 e. The van der Waals surface area contributed by atoms with Gasteiger partial charge in [-0.05, 0) is 94.9 Å². The molecule has 13 heteroatoms. The number of aromatic nitrogens is 1. The minimum atomic E-state index is -2.79. The summed E-state index contributed by atoms with van der Waals surface area (Å²) in [6, 6.07) is 5.71. The number of nitrogens with zero attached hydrogens (tertiary/aromatic N) is 2. The van der Waals surface area contributed by atoms with Gasteiger partial charge in [0.25, 0.3) is 0 Å². The van der Waals surface area contributed by atoms with Crippen molar-refractivity contribution in [2.45, 2.75) is 140 Å². The Labute approximate surface area is 308 Å². The number of nitrogens with one attached hydrogen (secondary N) is 2. The smallest absolute Gasteiger partial charge is 0.407 e. The van der Waals surface area contributed by atoms with E-state index >= 15 is 0 Å². The zero-order valence-corrected chi connectivity index (χ0v) is 31.1. The van der Waals surface area contributed by atoms with Crippen LogP contribution in [0.2, 0.25) is 0 Å². The number of alkyl carbamates (subject to hydrolysis) is 1. The average Bonchev–Trinajstić information content (AvgIpc) is 3.81. The summed E-state index contributed by atoms with van der Waals surface area (Å²) >= 11 is 0. The third-order valence-corrected chi connectivity index (χ3v) is 12.5. The van der Waals surface area contributed by atoms with Gasteiger partial charge < -0.3 is 25.0 Å². The van der Waals surface area contributed by atoms with Crippen LogP contribution in [0, 0.1) is 23.7 Å². The molecule has 2 aliphatic heterocycles. The number of amides is 3. The molecule has 3 atom stereocenters. The van der Waals surface area contributed by atoms with Crippen molar-refractivity contribution in [1.82, 2.24) is 14.8 Å². The number of halogens is 3.